The molecule has 2 heterocycles. The highest BCUT2D eigenvalue weighted by atomic mass is 16.5. The van der Waals surface area contributed by atoms with E-state index >= 15 is 0 Å². The van der Waals surface area contributed by atoms with Crippen molar-refractivity contribution >= 4 is 0 Å². The molecule has 0 bridgehead atoms. The molecule has 1 atom stereocenters. The van der Waals surface area contributed by atoms with Gasteiger partial charge in [-0.2, -0.15) is 0 Å². The quantitative estimate of drug-likeness (QED) is 0.857. The highest BCUT2D eigenvalue weighted by molar-refractivity contribution is 5.28. The normalized spacial score (nSPS) is 23.8. The summed E-state index contributed by atoms with van der Waals surface area (Å²) in [5, 5.41) is 0. The molecule has 23 heavy (non-hydrogen) atoms. The Morgan fingerprint density at radius 3 is 2.87 bits per heavy atom. The van der Waals surface area contributed by atoms with Crippen molar-refractivity contribution in [2.45, 2.75) is 25.4 Å². The lowest BCUT2D eigenvalue weighted by atomic mass is 10.1. The summed E-state index contributed by atoms with van der Waals surface area (Å²) < 4.78 is 11.3. The lowest BCUT2D eigenvalue weighted by molar-refractivity contribution is 0.0322. The minimum Gasteiger partial charge on any atom is -0.492 e. The Morgan fingerprint density at radius 2 is 2.04 bits per heavy atom. The van der Waals surface area contributed by atoms with Gasteiger partial charge in [-0.15, -0.1) is 0 Å². The first-order valence-corrected chi connectivity index (χ1v) is 8.79. The molecule has 2 saturated heterocycles. The SMILES string of the molecule is NC1CCCN(Cc2cccc(OCCN3CCOCC3)c2)C1. The average Bonchev–Trinajstić information content (AvgIpc) is 2.56. The molecule has 2 fully saturated rings. The van der Waals surface area contributed by atoms with Gasteiger partial charge < -0.3 is 15.2 Å². The van der Waals surface area contributed by atoms with Gasteiger partial charge in [0, 0.05) is 38.8 Å². The van der Waals surface area contributed by atoms with E-state index in [0.717, 1.165) is 71.3 Å². The van der Waals surface area contributed by atoms with E-state index < -0.39 is 0 Å². The lowest BCUT2D eigenvalue weighted by Crippen LogP contribution is -2.42. The van der Waals surface area contributed by atoms with Crippen molar-refractivity contribution in [3.05, 3.63) is 29.8 Å². The average molecular weight is 319 g/mol. The minimum atomic E-state index is 0.330. The summed E-state index contributed by atoms with van der Waals surface area (Å²) in [7, 11) is 0. The van der Waals surface area contributed by atoms with Gasteiger partial charge in [0.05, 0.1) is 13.2 Å². The van der Waals surface area contributed by atoms with E-state index in [4.69, 9.17) is 15.2 Å². The number of piperidine rings is 1. The summed E-state index contributed by atoms with van der Waals surface area (Å²) >= 11 is 0. The van der Waals surface area contributed by atoms with E-state index in [-0.39, 0.29) is 0 Å². The van der Waals surface area contributed by atoms with E-state index in [2.05, 4.69) is 28.0 Å². The number of hydrogen-bond acceptors (Lipinski definition) is 5. The van der Waals surface area contributed by atoms with Crippen LogP contribution in [-0.4, -0.2) is 68.4 Å². The summed E-state index contributed by atoms with van der Waals surface area (Å²) in [4.78, 5) is 4.84. The van der Waals surface area contributed by atoms with Gasteiger partial charge in [-0.25, -0.2) is 0 Å². The van der Waals surface area contributed by atoms with Crippen molar-refractivity contribution in [2.75, 3.05) is 52.5 Å². The fourth-order valence-electron chi connectivity index (χ4n) is 3.34. The van der Waals surface area contributed by atoms with Crippen molar-refractivity contribution < 1.29 is 9.47 Å². The number of morpholine rings is 1. The molecule has 1 aromatic carbocycles. The van der Waals surface area contributed by atoms with Crippen LogP contribution in [0.15, 0.2) is 24.3 Å². The van der Waals surface area contributed by atoms with Crippen LogP contribution in [0.5, 0.6) is 5.75 Å². The number of hydrogen-bond donors (Lipinski definition) is 1. The second-order valence-electron chi connectivity index (χ2n) is 6.59. The first kappa shape index (κ1) is 16.7. The van der Waals surface area contributed by atoms with Crippen LogP contribution in [0.3, 0.4) is 0 Å². The second kappa shape index (κ2) is 8.64. The van der Waals surface area contributed by atoms with Crippen molar-refractivity contribution in [3.8, 4) is 5.75 Å². The van der Waals surface area contributed by atoms with Crippen LogP contribution < -0.4 is 10.5 Å². The van der Waals surface area contributed by atoms with Gasteiger partial charge in [0.25, 0.3) is 0 Å². The molecule has 1 aromatic rings. The standard InChI is InChI=1S/C18H29N3O2/c19-17-4-2-6-21(15-17)14-16-3-1-5-18(13-16)23-12-9-20-7-10-22-11-8-20/h1,3,5,13,17H,2,4,6-12,14-15,19H2. The molecular formula is C18H29N3O2. The predicted molar refractivity (Wildman–Crippen MR) is 91.7 cm³/mol. The van der Waals surface area contributed by atoms with Gasteiger partial charge in [-0.3, -0.25) is 9.80 Å². The summed E-state index contributed by atoms with van der Waals surface area (Å²) in [5.41, 5.74) is 7.37. The molecule has 0 amide bonds. The lowest BCUT2D eigenvalue weighted by Gasteiger charge is -2.30. The maximum Gasteiger partial charge on any atom is 0.119 e. The number of nitrogens with two attached hydrogens (primary N) is 1. The van der Waals surface area contributed by atoms with Gasteiger partial charge >= 0.3 is 0 Å². The number of likely N-dealkylation sites (tertiary alicyclic amines) is 1. The summed E-state index contributed by atoms with van der Waals surface area (Å²) in [6, 6.07) is 8.80. The molecule has 0 radical (unpaired) electrons. The molecule has 0 aliphatic carbocycles. The first-order valence-electron chi connectivity index (χ1n) is 8.79. The van der Waals surface area contributed by atoms with Crippen molar-refractivity contribution in [2.24, 2.45) is 5.73 Å². The molecule has 1 unspecified atom stereocenters. The maximum absolute atomic E-state index is 6.07. The molecule has 128 valence electrons. The molecule has 3 rings (SSSR count). The van der Waals surface area contributed by atoms with Crippen LogP contribution >= 0.6 is 0 Å². The second-order valence-corrected chi connectivity index (χ2v) is 6.59. The number of ether oxygens (including phenoxy) is 2. The molecule has 5 nitrogen and oxygen atoms in total. The summed E-state index contributed by atoms with van der Waals surface area (Å²) in [6.07, 6.45) is 2.36. The van der Waals surface area contributed by atoms with Crippen molar-refractivity contribution in [1.82, 2.24) is 9.80 Å². The van der Waals surface area contributed by atoms with Gasteiger partial charge in [0.2, 0.25) is 0 Å². The van der Waals surface area contributed by atoms with Gasteiger partial charge in [-0.1, -0.05) is 12.1 Å². The van der Waals surface area contributed by atoms with Crippen LogP contribution in [0.1, 0.15) is 18.4 Å². The highest BCUT2D eigenvalue weighted by Crippen LogP contribution is 2.17. The Kier molecular flexibility index (Phi) is 6.28. The third-order valence-corrected chi connectivity index (χ3v) is 4.63. The van der Waals surface area contributed by atoms with Crippen LogP contribution in [0, 0.1) is 0 Å². The monoisotopic (exact) mass is 319 g/mol. The van der Waals surface area contributed by atoms with Crippen molar-refractivity contribution in [1.29, 1.82) is 0 Å². The molecule has 0 saturated carbocycles. The van der Waals surface area contributed by atoms with E-state index in [1.807, 2.05) is 6.07 Å². The molecule has 0 spiro atoms. The highest BCUT2D eigenvalue weighted by Gasteiger charge is 2.16. The van der Waals surface area contributed by atoms with Crippen LogP contribution in [0.2, 0.25) is 0 Å². The summed E-state index contributed by atoms with van der Waals surface area (Å²) in [6.45, 7) is 8.52. The van der Waals surface area contributed by atoms with E-state index in [1.165, 1.54) is 12.0 Å². The van der Waals surface area contributed by atoms with Crippen LogP contribution in [0.25, 0.3) is 0 Å². The summed E-state index contributed by atoms with van der Waals surface area (Å²) in [5.74, 6) is 0.970. The number of rotatable bonds is 6. The minimum absolute atomic E-state index is 0.330. The largest absolute Gasteiger partial charge is 0.492 e. The third-order valence-electron chi connectivity index (χ3n) is 4.63. The number of benzene rings is 1. The topological polar surface area (TPSA) is 51.0 Å². The Morgan fingerprint density at radius 1 is 1.17 bits per heavy atom. The van der Waals surface area contributed by atoms with Crippen LogP contribution in [0.4, 0.5) is 0 Å². The number of nitrogens with zero attached hydrogens (tertiary/aromatic N) is 2. The Balaban J connectivity index is 1.45. The molecule has 2 N–H and O–H groups in total. The molecule has 0 aromatic heterocycles. The Hall–Kier alpha value is -1.14. The van der Waals surface area contributed by atoms with Gasteiger partial charge in [-0.05, 0) is 37.1 Å². The maximum atomic E-state index is 6.07. The Bertz CT molecular complexity index is 477. The zero-order valence-corrected chi connectivity index (χ0v) is 14.0. The smallest absolute Gasteiger partial charge is 0.119 e. The van der Waals surface area contributed by atoms with E-state index in [9.17, 15) is 0 Å². The van der Waals surface area contributed by atoms with Gasteiger partial charge in [0.1, 0.15) is 12.4 Å². The fraction of sp³-hybridized carbons (Fsp3) is 0.667. The van der Waals surface area contributed by atoms with Crippen LogP contribution in [-0.2, 0) is 11.3 Å². The zero-order valence-electron chi connectivity index (χ0n) is 14.0. The zero-order chi connectivity index (χ0) is 15.9. The molecular weight excluding hydrogens is 290 g/mol. The van der Waals surface area contributed by atoms with E-state index in [1.54, 1.807) is 0 Å². The predicted octanol–water partition coefficient (Wildman–Crippen LogP) is 1.32. The fourth-order valence-corrected chi connectivity index (χ4v) is 3.34. The molecule has 2 aliphatic heterocycles. The molecule has 2 aliphatic rings. The third kappa shape index (κ3) is 5.46. The Labute approximate surface area is 139 Å². The molecule has 5 heteroatoms. The van der Waals surface area contributed by atoms with Crippen molar-refractivity contribution in [3.63, 3.8) is 0 Å². The van der Waals surface area contributed by atoms with E-state index in [0.29, 0.717) is 6.04 Å². The van der Waals surface area contributed by atoms with Gasteiger partial charge in [0.15, 0.2) is 0 Å². The first-order chi connectivity index (χ1) is 11.3.